The number of ether oxygens (including phenoxy) is 1. The molecule has 2 aromatic carbocycles. The van der Waals surface area contributed by atoms with E-state index in [4.69, 9.17) is 4.74 Å². The summed E-state index contributed by atoms with van der Waals surface area (Å²) in [5.41, 5.74) is 2.03. The summed E-state index contributed by atoms with van der Waals surface area (Å²) in [5, 5.41) is 4.69. The van der Waals surface area contributed by atoms with Crippen LogP contribution in [0.2, 0.25) is 0 Å². The van der Waals surface area contributed by atoms with Crippen molar-refractivity contribution in [1.82, 2.24) is 5.32 Å². The number of benzene rings is 2. The maximum absolute atomic E-state index is 12.1. The van der Waals surface area contributed by atoms with Gasteiger partial charge in [-0.3, -0.25) is 14.4 Å². The number of hydrogen-bond acceptors (Lipinski definition) is 5. The van der Waals surface area contributed by atoms with Gasteiger partial charge in [0.1, 0.15) is 5.25 Å². The number of anilines is 1. The Morgan fingerprint density at radius 2 is 1.81 bits per heavy atom. The van der Waals surface area contributed by atoms with Crippen molar-refractivity contribution in [1.29, 1.82) is 0 Å². The summed E-state index contributed by atoms with van der Waals surface area (Å²) >= 11 is 1.37. The summed E-state index contributed by atoms with van der Waals surface area (Å²) in [7, 11) is 1.53. The second-order valence-electron chi connectivity index (χ2n) is 5.89. The van der Waals surface area contributed by atoms with Gasteiger partial charge in [-0.15, -0.1) is 11.8 Å². The molecule has 0 saturated carbocycles. The summed E-state index contributed by atoms with van der Waals surface area (Å²) in [6.45, 7) is 3.34. The third-order valence-corrected chi connectivity index (χ3v) is 4.74. The molecule has 0 spiro atoms. The SMILES string of the molecule is CNC(=O)c1cccc(NC(=O)COC(=O)[C@H](C)Sc2ccc(C)cc2)c1. The van der Waals surface area contributed by atoms with Crippen LogP contribution in [0.25, 0.3) is 0 Å². The highest BCUT2D eigenvalue weighted by Gasteiger charge is 2.17. The number of aryl methyl sites for hydroxylation is 1. The predicted molar refractivity (Wildman–Crippen MR) is 106 cm³/mol. The molecule has 2 amide bonds. The lowest BCUT2D eigenvalue weighted by Gasteiger charge is -2.12. The van der Waals surface area contributed by atoms with Crippen molar-refractivity contribution in [3.8, 4) is 0 Å². The summed E-state index contributed by atoms with van der Waals surface area (Å²) in [4.78, 5) is 36.6. The van der Waals surface area contributed by atoms with Gasteiger partial charge in [0.2, 0.25) is 0 Å². The molecule has 0 aromatic heterocycles. The highest BCUT2D eigenvalue weighted by atomic mass is 32.2. The van der Waals surface area contributed by atoms with Crippen molar-refractivity contribution in [3.05, 3.63) is 59.7 Å². The van der Waals surface area contributed by atoms with Crippen molar-refractivity contribution in [3.63, 3.8) is 0 Å². The minimum atomic E-state index is -0.468. The van der Waals surface area contributed by atoms with Gasteiger partial charge in [-0.25, -0.2) is 0 Å². The van der Waals surface area contributed by atoms with Gasteiger partial charge in [0.25, 0.3) is 11.8 Å². The molecule has 2 aromatic rings. The van der Waals surface area contributed by atoms with Gasteiger partial charge in [0.05, 0.1) is 0 Å². The van der Waals surface area contributed by atoms with E-state index in [1.807, 2.05) is 31.2 Å². The third-order valence-electron chi connectivity index (χ3n) is 3.65. The number of carbonyl (C=O) groups excluding carboxylic acids is 3. The zero-order valence-electron chi connectivity index (χ0n) is 15.4. The normalized spacial score (nSPS) is 11.4. The zero-order valence-corrected chi connectivity index (χ0v) is 16.3. The summed E-state index contributed by atoms with van der Waals surface area (Å²) in [6, 6.07) is 14.3. The van der Waals surface area contributed by atoms with E-state index in [0.29, 0.717) is 11.3 Å². The highest BCUT2D eigenvalue weighted by molar-refractivity contribution is 8.00. The molecule has 0 aliphatic heterocycles. The Morgan fingerprint density at radius 3 is 2.48 bits per heavy atom. The lowest BCUT2D eigenvalue weighted by molar-refractivity contribution is -0.146. The van der Waals surface area contributed by atoms with Crippen LogP contribution >= 0.6 is 11.8 Å². The third kappa shape index (κ3) is 6.45. The number of hydrogen-bond donors (Lipinski definition) is 2. The summed E-state index contributed by atoms with van der Waals surface area (Å²) < 4.78 is 5.08. The van der Waals surface area contributed by atoms with E-state index in [1.54, 1.807) is 31.2 Å². The lowest BCUT2D eigenvalue weighted by atomic mass is 10.2. The first kappa shape index (κ1) is 20.5. The molecule has 0 unspecified atom stereocenters. The Morgan fingerprint density at radius 1 is 1.11 bits per heavy atom. The van der Waals surface area contributed by atoms with Gasteiger partial charge in [-0.2, -0.15) is 0 Å². The van der Waals surface area contributed by atoms with Gasteiger partial charge in [-0.1, -0.05) is 23.8 Å². The lowest BCUT2D eigenvalue weighted by Crippen LogP contribution is -2.25. The smallest absolute Gasteiger partial charge is 0.319 e. The van der Waals surface area contributed by atoms with E-state index in [2.05, 4.69) is 10.6 Å². The maximum atomic E-state index is 12.1. The maximum Gasteiger partial charge on any atom is 0.319 e. The quantitative estimate of drug-likeness (QED) is 0.564. The van der Waals surface area contributed by atoms with Crippen LogP contribution in [0.3, 0.4) is 0 Å². The molecule has 6 nitrogen and oxygen atoms in total. The van der Waals surface area contributed by atoms with Crippen LogP contribution in [-0.2, 0) is 14.3 Å². The molecule has 0 saturated heterocycles. The molecule has 0 bridgehead atoms. The summed E-state index contributed by atoms with van der Waals surface area (Å²) in [5.74, 6) is -1.18. The molecule has 0 radical (unpaired) electrons. The molecule has 2 rings (SSSR count). The Labute approximate surface area is 162 Å². The minimum Gasteiger partial charge on any atom is -0.455 e. The van der Waals surface area contributed by atoms with E-state index >= 15 is 0 Å². The Hall–Kier alpha value is -2.80. The number of esters is 1. The number of amides is 2. The van der Waals surface area contributed by atoms with Crippen molar-refractivity contribution in [2.75, 3.05) is 19.0 Å². The number of nitrogens with one attached hydrogen (secondary N) is 2. The van der Waals surface area contributed by atoms with Crippen LogP contribution in [0.4, 0.5) is 5.69 Å². The molecular formula is C20H22N2O4S. The second kappa shape index (κ2) is 9.78. The monoisotopic (exact) mass is 386 g/mol. The topological polar surface area (TPSA) is 84.5 Å². The first-order valence-electron chi connectivity index (χ1n) is 8.41. The van der Waals surface area contributed by atoms with E-state index in [0.717, 1.165) is 10.5 Å². The molecular weight excluding hydrogens is 364 g/mol. The average Bonchev–Trinajstić information content (AvgIpc) is 2.67. The van der Waals surface area contributed by atoms with E-state index in [1.165, 1.54) is 18.8 Å². The molecule has 0 aliphatic rings. The molecule has 0 heterocycles. The minimum absolute atomic E-state index is 0.250. The molecule has 142 valence electrons. The number of thioether (sulfide) groups is 1. The molecule has 2 N–H and O–H groups in total. The van der Waals surface area contributed by atoms with Gasteiger partial charge >= 0.3 is 5.97 Å². The van der Waals surface area contributed by atoms with Crippen molar-refractivity contribution in [2.24, 2.45) is 0 Å². The van der Waals surface area contributed by atoms with E-state index in [-0.39, 0.29) is 12.5 Å². The van der Waals surface area contributed by atoms with Gasteiger partial charge < -0.3 is 15.4 Å². The first-order chi connectivity index (χ1) is 12.9. The van der Waals surface area contributed by atoms with E-state index < -0.39 is 17.1 Å². The average molecular weight is 386 g/mol. The van der Waals surface area contributed by atoms with Crippen molar-refractivity contribution >= 4 is 35.2 Å². The second-order valence-corrected chi connectivity index (χ2v) is 7.30. The van der Waals surface area contributed by atoms with Crippen LogP contribution in [-0.4, -0.2) is 36.7 Å². The number of carbonyl (C=O) groups is 3. The van der Waals surface area contributed by atoms with Gasteiger partial charge in [-0.05, 0) is 44.2 Å². The highest BCUT2D eigenvalue weighted by Crippen LogP contribution is 2.24. The van der Waals surface area contributed by atoms with Gasteiger partial charge in [0.15, 0.2) is 6.61 Å². The van der Waals surface area contributed by atoms with Crippen LogP contribution in [0, 0.1) is 6.92 Å². The van der Waals surface area contributed by atoms with Crippen LogP contribution < -0.4 is 10.6 Å². The van der Waals surface area contributed by atoms with Gasteiger partial charge in [0, 0.05) is 23.2 Å². The predicted octanol–water partition coefficient (Wildman–Crippen LogP) is 3.02. The molecule has 1 atom stereocenters. The van der Waals surface area contributed by atoms with Crippen LogP contribution in [0.1, 0.15) is 22.8 Å². The molecule has 0 fully saturated rings. The van der Waals surface area contributed by atoms with E-state index in [9.17, 15) is 14.4 Å². The zero-order chi connectivity index (χ0) is 19.8. The Kier molecular flexibility index (Phi) is 7.43. The fraction of sp³-hybridized carbons (Fsp3) is 0.250. The van der Waals surface area contributed by atoms with Crippen molar-refractivity contribution in [2.45, 2.75) is 24.0 Å². The fourth-order valence-corrected chi connectivity index (χ4v) is 3.07. The fourth-order valence-electron chi connectivity index (χ4n) is 2.20. The van der Waals surface area contributed by atoms with Crippen molar-refractivity contribution < 1.29 is 19.1 Å². The molecule has 7 heteroatoms. The standard InChI is InChI=1S/C20H22N2O4S/c1-13-7-9-17(10-8-13)27-14(2)20(25)26-12-18(23)22-16-6-4-5-15(11-16)19(24)21-3/h4-11,14H,12H2,1-3H3,(H,21,24)(H,22,23)/t14-/m0/s1. The number of rotatable bonds is 7. The Bertz CT molecular complexity index is 821. The first-order valence-corrected chi connectivity index (χ1v) is 9.29. The largest absolute Gasteiger partial charge is 0.455 e. The molecule has 27 heavy (non-hydrogen) atoms. The van der Waals surface area contributed by atoms with Crippen LogP contribution in [0.5, 0.6) is 0 Å². The molecule has 0 aliphatic carbocycles. The Balaban J connectivity index is 1.83. The summed E-state index contributed by atoms with van der Waals surface area (Å²) in [6.07, 6.45) is 0. The van der Waals surface area contributed by atoms with Crippen LogP contribution in [0.15, 0.2) is 53.4 Å².